The van der Waals surface area contributed by atoms with E-state index in [4.69, 9.17) is 14.5 Å². The molecule has 1 atom stereocenters. The van der Waals surface area contributed by atoms with Crippen molar-refractivity contribution in [3.63, 3.8) is 0 Å². The summed E-state index contributed by atoms with van der Waals surface area (Å²) < 4.78 is 13.0. The molecule has 2 bridgehead atoms. The van der Waals surface area contributed by atoms with Crippen molar-refractivity contribution >= 4 is 17.8 Å². The second-order valence-corrected chi connectivity index (χ2v) is 16.5. The third-order valence-electron chi connectivity index (χ3n) is 12.8. The topological polar surface area (TPSA) is 110 Å². The van der Waals surface area contributed by atoms with E-state index in [2.05, 4.69) is 41.2 Å². The Kier molecular flexibility index (Phi) is 9.91. The fourth-order valence-corrected chi connectivity index (χ4v) is 9.13. The number of benzene rings is 1. The van der Waals surface area contributed by atoms with E-state index in [1.165, 1.54) is 17.5 Å². The molecule has 0 radical (unpaired) electrons. The van der Waals surface area contributed by atoms with Gasteiger partial charge in [-0.25, -0.2) is 9.78 Å². The molecule has 1 aromatic carbocycles. The van der Waals surface area contributed by atoms with Crippen molar-refractivity contribution in [1.29, 1.82) is 0 Å². The normalized spacial score (nSPS) is 25.0. The van der Waals surface area contributed by atoms with Gasteiger partial charge in [0.05, 0.1) is 31.5 Å². The molecule has 10 heteroatoms. The Hall–Kier alpha value is -3.92. The zero-order valence-corrected chi connectivity index (χ0v) is 30.9. The van der Waals surface area contributed by atoms with Crippen LogP contribution in [0.4, 0.5) is 10.6 Å². The summed E-state index contributed by atoms with van der Waals surface area (Å²) in [5.41, 5.74) is 4.20. The Morgan fingerprint density at radius 1 is 1.00 bits per heavy atom. The van der Waals surface area contributed by atoms with Gasteiger partial charge in [0.25, 0.3) is 0 Å². The third kappa shape index (κ3) is 7.00. The number of carbonyl (C=O) groups excluding carboxylic acids is 2. The quantitative estimate of drug-likeness (QED) is 0.222. The number of nitrogens with zero attached hydrogens (tertiary/aromatic N) is 5. The molecule has 4 aliphatic carbocycles. The van der Waals surface area contributed by atoms with Crippen LogP contribution in [0.5, 0.6) is 5.75 Å². The van der Waals surface area contributed by atoms with Crippen molar-refractivity contribution in [3.8, 4) is 16.9 Å². The van der Waals surface area contributed by atoms with Crippen LogP contribution in [0, 0.1) is 18.3 Å². The molecule has 4 saturated carbocycles. The minimum atomic E-state index is -0.590. The highest BCUT2D eigenvalue weighted by atomic mass is 16.6. The summed E-state index contributed by atoms with van der Waals surface area (Å²) >= 11 is 0. The first-order valence-corrected chi connectivity index (χ1v) is 19.1. The zero-order chi connectivity index (χ0) is 35.8. The average molecular weight is 698 g/mol. The molecule has 5 aliphatic rings. The van der Waals surface area contributed by atoms with Gasteiger partial charge >= 0.3 is 6.09 Å². The number of aryl methyl sites for hydroxylation is 1. The molecule has 1 saturated heterocycles. The van der Waals surface area contributed by atoms with Crippen LogP contribution in [0.1, 0.15) is 102 Å². The summed E-state index contributed by atoms with van der Waals surface area (Å²) in [5.74, 6) is 1.94. The first-order chi connectivity index (χ1) is 24.6. The van der Waals surface area contributed by atoms with Gasteiger partial charge in [0.2, 0.25) is 5.91 Å². The van der Waals surface area contributed by atoms with Crippen molar-refractivity contribution in [2.24, 2.45) is 11.3 Å². The number of amides is 2. The number of likely N-dealkylation sites (tertiary alicyclic amines) is 1. The van der Waals surface area contributed by atoms with Gasteiger partial charge in [0, 0.05) is 37.0 Å². The van der Waals surface area contributed by atoms with E-state index in [1.54, 1.807) is 12.0 Å². The number of methoxy groups -OCH3 is 1. The maximum absolute atomic E-state index is 14.4. The molecule has 51 heavy (non-hydrogen) atoms. The lowest BCUT2D eigenvalue weighted by atomic mass is 9.51. The number of pyridine rings is 1. The number of fused-ring (bicyclic) bond motifs is 3. The molecule has 3 heterocycles. The van der Waals surface area contributed by atoms with Crippen LogP contribution in [0.2, 0.25) is 0 Å². The van der Waals surface area contributed by atoms with Crippen LogP contribution in [0.3, 0.4) is 0 Å². The summed E-state index contributed by atoms with van der Waals surface area (Å²) in [6.45, 7) is 7.51. The Labute approximate surface area is 302 Å². The number of carbonyl (C=O) groups is 2. The van der Waals surface area contributed by atoms with Crippen LogP contribution < -0.4 is 9.64 Å². The minimum absolute atomic E-state index is 0.0457. The van der Waals surface area contributed by atoms with Gasteiger partial charge < -0.3 is 19.5 Å². The maximum Gasteiger partial charge on any atom is 0.410 e. The molecule has 2 amide bonds. The summed E-state index contributed by atoms with van der Waals surface area (Å²) in [7, 11) is 1.74. The Balaban J connectivity index is 1.09. The molecule has 1 aliphatic heterocycles. The van der Waals surface area contributed by atoms with Crippen molar-refractivity contribution < 1.29 is 24.2 Å². The predicted molar refractivity (Wildman–Crippen MR) is 197 cm³/mol. The molecule has 3 aromatic rings. The van der Waals surface area contributed by atoms with E-state index < -0.39 is 11.6 Å². The van der Waals surface area contributed by atoms with Crippen LogP contribution in [0.25, 0.3) is 11.1 Å². The first-order valence-electron chi connectivity index (χ1n) is 19.1. The average Bonchev–Trinajstić information content (AvgIpc) is 3.66. The van der Waals surface area contributed by atoms with E-state index in [1.807, 2.05) is 43.2 Å². The Morgan fingerprint density at radius 3 is 2.39 bits per heavy atom. The lowest BCUT2D eigenvalue weighted by Gasteiger charge is -2.55. The number of rotatable bonds is 11. The van der Waals surface area contributed by atoms with Crippen molar-refractivity contribution in [2.45, 2.75) is 115 Å². The molecular formula is C41H55N5O5. The molecule has 274 valence electrons. The highest BCUT2D eigenvalue weighted by molar-refractivity contribution is 5.95. The van der Waals surface area contributed by atoms with Gasteiger partial charge in [-0.05, 0) is 124 Å². The minimum Gasteiger partial charge on any atom is -0.496 e. The molecule has 1 N–H and O–H groups in total. The van der Waals surface area contributed by atoms with E-state index in [0.717, 1.165) is 93.3 Å². The standard InChI is InChI=1S/C41H55N5O5/c1-29-22-33(10-11-35(29)50-4)41-17-14-40(15-18-41,16-19-41)27-45(37(48)30-8-6-5-7-9-30)36-23-31(12-20-42-36)32-24-43-46(25-32)39(2,3)28-51-38(49)44-21-13-34(44)26-47/h10-12,20,22-25,30,34,47H,5-9,13-19,21,26-28H2,1-4H3/t34-,40?,41?/m0/s1. The van der Waals surface area contributed by atoms with Gasteiger partial charge in [-0.3, -0.25) is 14.4 Å². The van der Waals surface area contributed by atoms with Crippen LogP contribution in [0.15, 0.2) is 48.9 Å². The summed E-state index contributed by atoms with van der Waals surface area (Å²) in [4.78, 5) is 35.5. The second kappa shape index (κ2) is 14.2. The highest BCUT2D eigenvalue weighted by Gasteiger charge is 2.51. The number of ether oxygens (including phenoxy) is 2. The van der Waals surface area contributed by atoms with Crippen LogP contribution in [-0.4, -0.2) is 76.2 Å². The molecule has 2 aromatic heterocycles. The molecular weight excluding hydrogens is 642 g/mol. The van der Waals surface area contributed by atoms with Crippen LogP contribution in [-0.2, 0) is 20.5 Å². The van der Waals surface area contributed by atoms with Gasteiger partial charge in [0.1, 0.15) is 18.2 Å². The summed E-state index contributed by atoms with van der Waals surface area (Å²) in [5, 5.41) is 14.1. The number of aliphatic hydroxyl groups is 1. The molecule has 5 fully saturated rings. The molecule has 10 nitrogen and oxygen atoms in total. The lowest BCUT2D eigenvalue weighted by molar-refractivity contribution is -0.124. The van der Waals surface area contributed by atoms with Crippen molar-refractivity contribution in [1.82, 2.24) is 19.7 Å². The Bertz CT molecular complexity index is 1700. The van der Waals surface area contributed by atoms with Crippen molar-refractivity contribution in [3.05, 3.63) is 60.0 Å². The SMILES string of the molecule is COc1ccc(C23CCC(CN(C(=O)C4CCCCC4)c4cc(-c5cnn(C(C)(C)COC(=O)N6CC[C@H]6CO)c5)ccn4)(CC2)CC3)cc1C. The number of aliphatic hydroxyl groups excluding tert-OH is 1. The lowest BCUT2D eigenvalue weighted by Crippen LogP contribution is -2.53. The van der Waals surface area contributed by atoms with Gasteiger partial charge in [0.15, 0.2) is 0 Å². The number of hydrogen-bond donors (Lipinski definition) is 1. The zero-order valence-electron chi connectivity index (χ0n) is 30.9. The van der Waals surface area contributed by atoms with Gasteiger partial charge in [-0.1, -0.05) is 31.4 Å². The highest BCUT2D eigenvalue weighted by Crippen LogP contribution is 2.58. The largest absolute Gasteiger partial charge is 0.496 e. The maximum atomic E-state index is 14.4. The fourth-order valence-electron chi connectivity index (χ4n) is 9.13. The van der Waals surface area contributed by atoms with Gasteiger partial charge in [-0.15, -0.1) is 0 Å². The molecule has 0 unspecified atom stereocenters. The first kappa shape index (κ1) is 35.5. The monoisotopic (exact) mass is 697 g/mol. The Morgan fingerprint density at radius 2 is 1.75 bits per heavy atom. The van der Waals surface area contributed by atoms with Crippen LogP contribution >= 0.6 is 0 Å². The number of aromatic nitrogens is 3. The smallest absolute Gasteiger partial charge is 0.410 e. The predicted octanol–water partition coefficient (Wildman–Crippen LogP) is 7.41. The molecule has 0 spiro atoms. The van der Waals surface area contributed by atoms with E-state index in [0.29, 0.717) is 13.1 Å². The van der Waals surface area contributed by atoms with E-state index >= 15 is 0 Å². The third-order valence-corrected chi connectivity index (χ3v) is 12.8. The van der Waals surface area contributed by atoms with Gasteiger partial charge in [-0.2, -0.15) is 5.10 Å². The summed E-state index contributed by atoms with van der Waals surface area (Å²) in [6, 6.07) is 10.6. The number of hydrogen-bond acceptors (Lipinski definition) is 7. The van der Waals surface area contributed by atoms with E-state index in [9.17, 15) is 14.7 Å². The number of anilines is 1. The van der Waals surface area contributed by atoms with E-state index in [-0.39, 0.29) is 41.9 Å². The second-order valence-electron chi connectivity index (χ2n) is 16.5. The summed E-state index contributed by atoms with van der Waals surface area (Å²) in [6.07, 6.45) is 18.1. The fraction of sp³-hybridized carbons (Fsp3) is 0.610. The molecule has 8 rings (SSSR count). The van der Waals surface area contributed by atoms with Crippen molar-refractivity contribution in [2.75, 3.05) is 38.3 Å².